The summed E-state index contributed by atoms with van der Waals surface area (Å²) in [5, 5.41) is 24.0. The molecule has 7 nitrogen and oxygen atoms in total. The normalized spacial score (nSPS) is 36.0. The number of hydrogen-bond acceptors (Lipinski definition) is 5. The van der Waals surface area contributed by atoms with Crippen LogP contribution in [0, 0.1) is 0 Å². The van der Waals surface area contributed by atoms with E-state index in [1.807, 2.05) is 0 Å². The summed E-state index contributed by atoms with van der Waals surface area (Å²) in [5.74, 6) is 0. The second kappa shape index (κ2) is 5.26. The third-order valence-electron chi connectivity index (χ3n) is 2.25. The zero-order valence-corrected chi connectivity index (χ0v) is 8.64. The van der Waals surface area contributed by atoms with Crippen LogP contribution in [0.5, 0.6) is 0 Å². The molecule has 2 amide bonds. The molecule has 0 bridgehead atoms. The van der Waals surface area contributed by atoms with Crippen LogP contribution in [-0.2, 0) is 9.47 Å². The summed E-state index contributed by atoms with van der Waals surface area (Å²) < 4.78 is 9.85. The highest BCUT2D eigenvalue weighted by atomic mass is 16.7. The number of methoxy groups -OCH3 is 1. The fourth-order valence-electron chi connectivity index (χ4n) is 1.41. The van der Waals surface area contributed by atoms with Gasteiger partial charge in [0.05, 0.1) is 12.6 Å². The summed E-state index contributed by atoms with van der Waals surface area (Å²) in [4.78, 5) is 11.0. The molecule has 1 rings (SSSR count). The van der Waals surface area contributed by atoms with E-state index in [0.717, 1.165) is 0 Å². The molecule has 0 aromatic rings. The third-order valence-corrected chi connectivity index (χ3v) is 2.25. The van der Waals surface area contributed by atoms with Gasteiger partial charge in [0.25, 0.3) is 0 Å². The highest BCUT2D eigenvalue weighted by Crippen LogP contribution is 2.15. The van der Waals surface area contributed by atoms with Crippen molar-refractivity contribution in [1.82, 2.24) is 10.6 Å². The second-order valence-corrected chi connectivity index (χ2v) is 3.24. The lowest BCUT2D eigenvalue weighted by atomic mass is 10.0. The fourth-order valence-corrected chi connectivity index (χ4v) is 1.41. The van der Waals surface area contributed by atoms with Crippen LogP contribution in [0.4, 0.5) is 4.79 Å². The number of aliphatic hydroxyl groups is 2. The number of aliphatic hydroxyl groups excluding tert-OH is 2. The van der Waals surface area contributed by atoms with E-state index in [1.54, 1.807) is 0 Å². The van der Waals surface area contributed by atoms with Crippen LogP contribution in [0.2, 0.25) is 0 Å². The van der Waals surface area contributed by atoms with E-state index in [2.05, 4.69) is 10.6 Å². The van der Waals surface area contributed by atoms with E-state index >= 15 is 0 Å². The van der Waals surface area contributed by atoms with Crippen LogP contribution in [0.3, 0.4) is 0 Å². The summed E-state index contributed by atoms with van der Waals surface area (Å²) in [6, 6.07) is -1.28. The van der Waals surface area contributed by atoms with Crippen LogP contribution in [0.1, 0.15) is 0 Å². The molecule has 1 aliphatic heterocycles. The highest BCUT2D eigenvalue weighted by molar-refractivity contribution is 5.74. The molecule has 4 N–H and O–H groups in total. The van der Waals surface area contributed by atoms with E-state index in [1.165, 1.54) is 14.2 Å². The Morgan fingerprint density at radius 2 is 2.20 bits per heavy atom. The number of rotatable bonds is 2. The van der Waals surface area contributed by atoms with Gasteiger partial charge in [0.1, 0.15) is 12.2 Å². The minimum atomic E-state index is -1.10. The van der Waals surface area contributed by atoms with Crippen molar-refractivity contribution in [2.24, 2.45) is 0 Å². The maximum absolute atomic E-state index is 11.0. The molecule has 1 heterocycles. The first-order valence-corrected chi connectivity index (χ1v) is 4.59. The topological polar surface area (TPSA) is 100 Å². The molecule has 0 aromatic heterocycles. The SMILES string of the molecule is CNC(=O)NC1C(O)COC(OC)C1O. The molecular weight excluding hydrogens is 204 g/mol. The van der Waals surface area contributed by atoms with Crippen LogP contribution in [-0.4, -0.2) is 61.5 Å². The van der Waals surface area contributed by atoms with Crippen LogP contribution in [0.25, 0.3) is 0 Å². The van der Waals surface area contributed by atoms with E-state index < -0.39 is 30.6 Å². The van der Waals surface area contributed by atoms with Crippen molar-refractivity contribution in [3.63, 3.8) is 0 Å². The number of ether oxygens (including phenoxy) is 2. The van der Waals surface area contributed by atoms with E-state index in [-0.39, 0.29) is 6.61 Å². The van der Waals surface area contributed by atoms with Gasteiger partial charge in [0.15, 0.2) is 6.29 Å². The van der Waals surface area contributed by atoms with Gasteiger partial charge in [-0.1, -0.05) is 0 Å². The number of urea groups is 1. The Bertz CT molecular complexity index is 225. The van der Waals surface area contributed by atoms with Gasteiger partial charge < -0.3 is 30.3 Å². The Labute approximate surface area is 87.4 Å². The molecule has 0 aliphatic carbocycles. The number of nitrogens with one attached hydrogen (secondary N) is 2. The Morgan fingerprint density at radius 1 is 1.53 bits per heavy atom. The minimum absolute atomic E-state index is 0.00419. The van der Waals surface area contributed by atoms with E-state index in [9.17, 15) is 15.0 Å². The van der Waals surface area contributed by atoms with Gasteiger partial charge in [-0.2, -0.15) is 0 Å². The molecule has 0 saturated carbocycles. The first-order valence-electron chi connectivity index (χ1n) is 4.59. The molecule has 1 fully saturated rings. The number of hydrogen-bond donors (Lipinski definition) is 4. The fraction of sp³-hybridized carbons (Fsp3) is 0.875. The average molecular weight is 220 g/mol. The highest BCUT2D eigenvalue weighted by Gasteiger charge is 2.39. The van der Waals surface area contributed by atoms with Crippen LogP contribution in [0.15, 0.2) is 0 Å². The second-order valence-electron chi connectivity index (χ2n) is 3.24. The summed E-state index contributed by atoms with van der Waals surface area (Å²) in [6.45, 7) is 0.00419. The summed E-state index contributed by atoms with van der Waals surface area (Å²) in [6.07, 6.45) is -2.89. The molecule has 1 aliphatic rings. The first-order chi connectivity index (χ1) is 7.10. The quantitative estimate of drug-likeness (QED) is 0.431. The van der Waals surface area contributed by atoms with Gasteiger partial charge in [-0.05, 0) is 0 Å². The van der Waals surface area contributed by atoms with Crippen molar-refractivity contribution < 1.29 is 24.5 Å². The molecule has 7 heteroatoms. The van der Waals surface area contributed by atoms with Crippen molar-refractivity contribution in [3.05, 3.63) is 0 Å². The van der Waals surface area contributed by atoms with E-state index in [0.29, 0.717) is 0 Å². The minimum Gasteiger partial charge on any atom is -0.388 e. The maximum Gasteiger partial charge on any atom is 0.314 e. The molecule has 88 valence electrons. The van der Waals surface area contributed by atoms with Gasteiger partial charge in [-0.25, -0.2) is 4.79 Å². The number of amides is 2. The van der Waals surface area contributed by atoms with Crippen molar-refractivity contribution in [2.45, 2.75) is 24.5 Å². The summed E-state index contributed by atoms with van der Waals surface area (Å²) in [7, 11) is 2.82. The summed E-state index contributed by atoms with van der Waals surface area (Å²) >= 11 is 0. The van der Waals surface area contributed by atoms with Crippen LogP contribution >= 0.6 is 0 Å². The molecule has 0 radical (unpaired) electrons. The van der Waals surface area contributed by atoms with Crippen molar-refractivity contribution in [3.8, 4) is 0 Å². The van der Waals surface area contributed by atoms with E-state index in [4.69, 9.17) is 9.47 Å². The van der Waals surface area contributed by atoms with Crippen LogP contribution < -0.4 is 10.6 Å². The van der Waals surface area contributed by atoms with Crippen molar-refractivity contribution >= 4 is 6.03 Å². The molecule has 4 atom stereocenters. The lowest BCUT2D eigenvalue weighted by Crippen LogP contribution is -2.61. The van der Waals surface area contributed by atoms with Gasteiger partial charge in [-0.3, -0.25) is 0 Å². The first kappa shape index (κ1) is 12.2. The Morgan fingerprint density at radius 3 is 2.73 bits per heavy atom. The summed E-state index contributed by atoms with van der Waals surface area (Å²) in [5.41, 5.74) is 0. The maximum atomic E-state index is 11.0. The standard InChI is InChI=1S/C8H16N2O5/c1-9-8(13)10-5-4(11)3-15-7(14-2)6(5)12/h4-7,11-12H,3H2,1-2H3,(H2,9,10,13). The lowest BCUT2D eigenvalue weighted by molar-refractivity contribution is -0.234. The zero-order chi connectivity index (χ0) is 11.4. The van der Waals surface area contributed by atoms with Gasteiger partial charge >= 0.3 is 6.03 Å². The average Bonchev–Trinajstić information content (AvgIpc) is 2.24. The van der Waals surface area contributed by atoms with Crippen molar-refractivity contribution in [1.29, 1.82) is 0 Å². The monoisotopic (exact) mass is 220 g/mol. The zero-order valence-electron chi connectivity index (χ0n) is 8.64. The predicted molar refractivity (Wildman–Crippen MR) is 50.1 cm³/mol. The number of carbonyl (C=O) groups is 1. The molecule has 0 spiro atoms. The lowest BCUT2D eigenvalue weighted by Gasteiger charge is -2.37. The molecule has 15 heavy (non-hydrogen) atoms. The predicted octanol–water partition coefficient (Wildman–Crippen LogP) is -1.99. The number of carbonyl (C=O) groups excluding carboxylic acids is 1. The smallest absolute Gasteiger partial charge is 0.314 e. The molecule has 0 aromatic carbocycles. The Hall–Kier alpha value is -0.890. The van der Waals surface area contributed by atoms with Gasteiger partial charge in [0.2, 0.25) is 0 Å². The molecular formula is C8H16N2O5. The molecule has 4 unspecified atom stereocenters. The Balaban J connectivity index is 2.61. The van der Waals surface area contributed by atoms with Gasteiger partial charge in [0, 0.05) is 14.2 Å². The van der Waals surface area contributed by atoms with Gasteiger partial charge in [-0.15, -0.1) is 0 Å². The Kier molecular flexibility index (Phi) is 4.28. The van der Waals surface area contributed by atoms with Crippen molar-refractivity contribution in [2.75, 3.05) is 20.8 Å². The third kappa shape index (κ3) is 2.78. The molecule has 1 saturated heterocycles. The largest absolute Gasteiger partial charge is 0.388 e.